The Morgan fingerprint density at radius 3 is 2.96 bits per heavy atom. The van der Waals surface area contributed by atoms with Crippen LogP contribution in [-0.4, -0.2) is 37.1 Å². The second kappa shape index (κ2) is 5.98. The van der Waals surface area contributed by atoms with Crippen molar-refractivity contribution < 1.29 is 4.79 Å². The van der Waals surface area contributed by atoms with Crippen LogP contribution in [0, 0.1) is 5.92 Å². The molecule has 23 heavy (non-hydrogen) atoms. The molecule has 2 aromatic rings. The molecule has 0 saturated heterocycles. The Bertz CT molecular complexity index is 694. The summed E-state index contributed by atoms with van der Waals surface area (Å²) in [4.78, 5) is 22.6. The highest BCUT2D eigenvalue weighted by atomic mass is 16.2. The second-order valence-corrected chi connectivity index (χ2v) is 6.18. The molecule has 1 aliphatic heterocycles. The maximum Gasteiger partial charge on any atom is 0.226 e. The smallest absolute Gasteiger partial charge is 0.226 e. The summed E-state index contributed by atoms with van der Waals surface area (Å²) < 4.78 is 2.01. The van der Waals surface area contributed by atoms with Gasteiger partial charge in [0, 0.05) is 24.9 Å². The summed E-state index contributed by atoms with van der Waals surface area (Å²) in [5, 5.41) is 7.82. The monoisotopic (exact) mass is 312 g/mol. The number of nitrogens with zero attached hydrogens (tertiary/aromatic N) is 5. The van der Waals surface area contributed by atoms with E-state index in [0.29, 0.717) is 19.0 Å². The molecule has 1 aliphatic carbocycles. The van der Waals surface area contributed by atoms with Crippen molar-refractivity contribution in [2.24, 2.45) is 5.92 Å². The summed E-state index contributed by atoms with van der Waals surface area (Å²) in [7, 11) is 0. The molecule has 7 nitrogen and oxygen atoms in total. The van der Waals surface area contributed by atoms with Gasteiger partial charge in [0.15, 0.2) is 0 Å². The fourth-order valence-electron chi connectivity index (χ4n) is 3.09. The highest BCUT2D eigenvalue weighted by Crippen LogP contribution is 2.29. The first kappa shape index (κ1) is 14.2. The minimum Gasteiger partial charge on any atom is -0.363 e. The highest BCUT2D eigenvalue weighted by Gasteiger charge is 2.31. The normalized spacial score (nSPS) is 17.5. The van der Waals surface area contributed by atoms with E-state index in [1.807, 2.05) is 9.58 Å². The van der Waals surface area contributed by atoms with Crippen molar-refractivity contribution in [3.63, 3.8) is 0 Å². The average molecular weight is 312 g/mol. The molecule has 0 radical (unpaired) electrons. The van der Waals surface area contributed by atoms with Gasteiger partial charge in [-0.2, -0.15) is 5.10 Å². The number of anilines is 1. The van der Waals surface area contributed by atoms with Crippen LogP contribution >= 0.6 is 0 Å². The van der Waals surface area contributed by atoms with E-state index in [4.69, 9.17) is 0 Å². The first-order chi connectivity index (χ1) is 11.3. The molecule has 1 amide bonds. The maximum atomic E-state index is 12.4. The Morgan fingerprint density at radius 2 is 2.22 bits per heavy atom. The van der Waals surface area contributed by atoms with E-state index in [1.165, 1.54) is 6.42 Å². The minimum absolute atomic E-state index is 0.266. The summed E-state index contributed by atoms with van der Waals surface area (Å²) in [6, 6.07) is 2.07. The van der Waals surface area contributed by atoms with Gasteiger partial charge < -0.3 is 10.2 Å². The fourth-order valence-corrected chi connectivity index (χ4v) is 3.09. The van der Waals surface area contributed by atoms with Crippen molar-refractivity contribution >= 4 is 11.7 Å². The third-order valence-electron chi connectivity index (χ3n) is 4.63. The quantitative estimate of drug-likeness (QED) is 0.924. The summed E-state index contributed by atoms with van der Waals surface area (Å²) in [5.41, 5.74) is 2.07. The number of rotatable bonds is 4. The lowest BCUT2D eigenvalue weighted by atomic mass is 9.84. The molecule has 2 aromatic heterocycles. The molecule has 0 aromatic carbocycles. The van der Waals surface area contributed by atoms with Gasteiger partial charge in [0.1, 0.15) is 5.82 Å². The molecular weight excluding hydrogens is 292 g/mol. The number of nitrogens with one attached hydrogen (secondary N) is 1. The summed E-state index contributed by atoms with van der Waals surface area (Å²) in [5.74, 6) is 1.32. The molecule has 2 aliphatic rings. The van der Waals surface area contributed by atoms with E-state index in [-0.39, 0.29) is 5.92 Å². The molecule has 0 unspecified atom stereocenters. The lowest BCUT2D eigenvalue weighted by molar-refractivity contribution is -0.139. The van der Waals surface area contributed by atoms with E-state index >= 15 is 0 Å². The summed E-state index contributed by atoms with van der Waals surface area (Å²) >= 11 is 0. The van der Waals surface area contributed by atoms with E-state index in [9.17, 15) is 4.79 Å². The molecule has 1 saturated carbocycles. The summed E-state index contributed by atoms with van der Waals surface area (Å²) in [6.07, 6.45) is 8.30. The highest BCUT2D eigenvalue weighted by molar-refractivity contribution is 5.79. The van der Waals surface area contributed by atoms with Crippen LogP contribution < -0.4 is 5.32 Å². The van der Waals surface area contributed by atoms with Crippen LogP contribution in [0.4, 0.5) is 5.82 Å². The van der Waals surface area contributed by atoms with Crippen molar-refractivity contribution in [1.29, 1.82) is 0 Å². The summed E-state index contributed by atoms with van der Waals surface area (Å²) in [6.45, 7) is 2.82. The second-order valence-electron chi connectivity index (χ2n) is 6.18. The lowest BCUT2D eigenvalue weighted by Gasteiger charge is -2.34. The van der Waals surface area contributed by atoms with E-state index < -0.39 is 0 Å². The predicted octanol–water partition coefficient (Wildman–Crippen LogP) is 1.43. The zero-order valence-electron chi connectivity index (χ0n) is 13.0. The molecular formula is C16H20N6O. The Morgan fingerprint density at radius 1 is 1.30 bits per heavy atom. The van der Waals surface area contributed by atoms with Crippen molar-refractivity contribution in [3.05, 3.63) is 36.0 Å². The molecule has 1 fully saturated rings. The predicted molar refractivity (Wildman–Crippen MR) is 84.3 cm³/mol. The number of hydrogen-bond donors (Lipinski definition) is 1. The minimum atomic E-state index is 0.266. The van der Waals surface area contributed by atoms with Crippen molar-refractivity contribution in [1.82, 2.24) is 24.6 Å². The van der Waals surface area contributed by atoms with Crippen LogP contribution in [0.1, 0.15) is 30.7 Å². The number of aromatic nitrogens is 4. The average Bonchev–Trinajstić information content (AvgIpc) is 2.94. The van der Waals surface area contributed by atoms with Gasteiger partial charge in [-0.25, -0.2) is 4.98 Å². The third-order valence-corrected chi connectivity index (χ3v) is 4.63. The van der Waals surface area contributed by atoms with Crippen LogP contribution in [0.2, 0.25) is 0 Å². The fraction of sp³-hybridized carbons (Fsp3) is 0.500. The zero-order chi connectivity index (χ0) is 15.6. The zero-order valence-corrected chi connectivity index (χ0v) is 13.0. The Hall–Kier alpha value is -2.44. The van der Waals surface area contributed by atoms with Gasteiger partial charge in [0.2, 0.25) is 5.91 Å². The first-order valence-electron chi connectivity index (χ1n) is 8.14. The van der Waals surface area contributed by atoms with Gasteiger partial charge in [0.25, 0.3) is 0 Å². The van der Waals surface area contributed by atoms with Gasteiger partial charge in [-0.1, -0.05) is 6.42 Å². The Balaban J connectivity index is 1.40. The van der Waals surface area contributed by atoms with Gasteiger partial charge in [-0.05, 0) is 18.9 Å². The van der Waals surface area contributed by atoms with Crippen LogP contribution in [0.25, 0.3) is 0 Å². The van der Waals surface area contributed by atoms with Crippen LogP contribution in [0.15, 0.2) is 24.7 Å². The van der Waals surface area contributed by atoms with Gasteiger partial charge in [-0.15, -0.1) is 0 Å². The van der Waals surface area contributed by atoms with Gasteiger partial charge in [-0.3, -0.25) is 14.5 Å². The first-order valence-corrected chi connectivity index (χ1v) is 8.14. The molecule has 4 rings (SSSR count). The van der Waals surface area contributed by atoms with Crippen molar-refractivity contribution in [2.45, 2.75) is 38.9 Å². The molecule has 0 spiro atoms. The topological polar surface area (TPSA) is 75.9 Å². The van der Waals surface area contributed by atoms with Crippen molar-refractivity contribution in [3.8, 4) is 0 Å². The number of hydrogen-bond acceptors (Lipinski definition) is 5. The third kappa shape index (κ3) is 2.91. The van der Waals surface area contributed by atoms with Crippen LogP contribution in [0.5, 0.6) is 0 Å². The van der Waals surface area contributed by atoms with Gasteiger partial charge >= 0.3 is 0 Å². The van der Waals surface area contributed by atoms with Crippen LogP contribution in [0.3, 0.4) is 0 Å². The molecule has 3 heterocycles. The Kier molecular flexibility index (Phi) is 3.69. The number of amides is 1. The maximum absolute atomic E-state index is 12.4. The molecule has 0 bridgehead atoms. The standard InChI is InChI=1S/C16H20N6O/c23-16(12-2-1-3-12)21-6-7-22-14(11-21)8-13(20-22)9-19-15-10-17-4-5-18-15/h4-5,8,10,12H,1-3,6-7,9,11H2,(H,18,19). The number of carbonyl (C=O) groups is 1. The molecule has 7 heteroatoms. The van der Waals surface area contributed by atoms with Gasteiger partial charge in [0.05, 0.1) is 37.2 Å². The van der Waals surface area contributed by atoms with E-state index in [2.05, 4.69) is 26.4 Å². The largest absolute Gasteiger partial charge is 0.363 e. The molecule has 1 N–H and O–H groups in total. The number of fused-ring (bicyclic) bond motifs is 1. The van der Waals surface area contributed by atoms with Crippen molar-refractivity contribution in [2.75, 3.05) is 11.9 Å². The number of carbonyl (C=O) groups excluding carboxylic acids is 1. The Labute approximate surface area is 134 Å². The van der Waals surface area contributed by atoms with E-state index in [0.717, 1.165) is 43.1 Å². The SMILES string of the molecule is O=C(C1CCC1)N1CCn2nc(CNc3cnccn3)cc2C1. The van der Waals surface area contributed by atoms with E-state index in [1.54, 1.807) is 18.6 Å². The molecule has 120 valence electrons. The molecule has 0 atom stereocenters. The lowest BCUT2D eigenvalue weighted by Crippen LogP contribution is -2.43. The van der Waals surface area contributed by atoms with Crippen LogP contribution in [-0.2, 0) is 24.4 Å².